The van der Waals surface area contributed by atoms with Gasteiger partial charge in [-0.3, -0.25) is 10.1 Å². The van der Waals surface area contributed by atoms with E-state index in [0.29, 0.717) is 3.57 Å². The third-order valence-corrected chi connectivity index (χ3v) is 4.41. The van der Waals surface area contributed by atoms with Gasteiger partial charge >= 0.3 is 0 Å². The highest BCUT2D eigenvalue weighted by atomic mass is 127. The number of nitrogens with one attached hydrogen (secondary N) is 1. The van der Waals surface area contributed by atoms with Crippen LogP contribution in [0.5, 0.6) is 0 Å². The number of halogens is 1. The zero-order chi connectivity index (χ0) is 13.1. The lowest BCUT2D eigenvalue weighted by atomic mass is 10.1. The van der Waals surface area contributed by atoms with E-state index in [9.17, 15) is 10.1 Å². The molecule has 1 saturated carbocycles. The van der Waals surface area contributed by atoms with Crippen molar-refractivity contribution in [2.75, 3.05) is 11.9 Å². The Labute approximate surface area is 120 Å². The lowest BCUT2D eigenvalue weighted by Crippen LogP contribution is -2.11. The maximum absolute atomic E-state index is 10.7. The van der Waals surface area contributed by atoms with Crippen LogP contribution in [0.15, 0.2) is 18.2 Å². The van der Waals surface area contributed by atoms with E-state index in [-0.39, 0.29) is 10.6 Å². The molecule has 2 rings (SSSR count). The summed E-state index contributed by atoms with van der Waals surface area (Å²) in [6, 6.07) is 5.21. The molecule has 98 valence electrons. The molecule has 2 unspecified atom stereocenters. The monoisotopic (exact) mass is 360 g/mol. The van der Waals surface area contributed by atoms with Crippen molar-refractivity contribution in [1.82, 2.24) is 0 Å². The van der Waals surface area contributed by atoms with Gasteiger partial charge in [0.1, 0.15) is 0 Å². The van der Waals surface area contributed by atoms with E-state index in [1.807, 2.05) is 28.7 Å². The molecule has 0 aliphatic heterocycles. The van der Waals surface area contributed by atoms with Crippen LogP contribution in [0.2, 0.25) is 0 Å². The van der Waals surface area contributed by atoms with Gasteiger partial charge < -0.3 is 5.32 Å². The molecule has 1 N–H and O–H groups in total. The highest BCUT2D eigenvalue weighted by Gasteiger charge is 2.21. The van der Waals surface area contributed by atoms with E-state index in [2.05, 4.69) is 12.2 Å². The average Bonchev–Trinajstić information content (AvgIpc) is 2.72. The van der Waals surface area contributed by atoms with Crippen LogP contribution in [0.3, 0.4) is 0 Å². The molecular formula is C13H17IN2O2. The second-order valence-corrected chi connectivity index (χ2v) is 6.25. The molecule has 1 aliphatic rings. The van der Waals surface area contributed by atoms with Gasteiger partial charge in [-0.25, -0.2) is 0 Å². The Balaban J connectivity index is 1.94. The van der Waals surface area contributed by atoms with Crippen LogP contribution in [-0.2, 0) is 0 Å². The summed E-state index contributed by atoms with van der Waals surface area (Å²) in [5, 5.41) is 14.1. The van der Waals surface area contributed by atoms with Crippen molar-refractivity contribution >= 4 is 34.0 Å². The van der Waals surface area contributed by atoms with Gasteiger partial charge in [0.2, 0.25) is 0 Å². The predicted molar refractivity (Wildman–Crippen MR) is 80.8 cm³/mol. The second kappa shape index (κ2) is 5.86. The van der Waals surface area contributed by atoms with Crippen LogP contribution in [0, 0.1) is 25.5 Å². The molecule has 1 aromatic carbocycles. The van der Waals surface area contributed by atoms with Crippen molar-refractivity contribution in [3.8, 4) is 0 Å². The summed E-state index contributed by atoms with van der Waals surface area (Å²) in [6.07, 6.45) is 3.90. The molecule has 0 saturated heterocycles. The Morgan fingerprint density at radius 1 is 1.50 bits per heavy atom. The normalized spacial score (nSPS) is 23.0. The Kier molecular flexibility index (Phi) is 4.42. The predicted octanol–water partition coefficient (Wildman–Crippen LogP) is 4.05. The molecule has 2 atom stereocenters. The van der Waals surface area contributed by atoms with Crippen molar-refractivity contribution in [3.63, 3.8) is 0 Å². The van der Waals surface area contributed by atoms with Crippen LogP contribution in [0.25, 0.3) is 0 Å². The summed E-state index contributed by atoms with van der Waals surface area (Å²) < 4.78 is 0.683. The molecule has 18 heavy (non-hydrogen) atoms. The topological polar surface area (TPSA) is 55.2 Å². The molecule has 0 amide bonds. The summed E-state index contributed by atoms with van der Waals surface area (Å²) in [4.78, 5) is 10.4. The van der Waals surface area contributed by atoms with Crippen LogP contribution >= 0.6 is 22.6 Å². The zero-order valence-corrected chi connectivity index (χ0v) is 12.5. The molecule has 1 fully saturated rings. The van der Waals surface area contributed by atoms with E-state index < -0.39 is 0 Å². The summed E-state index contributed by atoms with van der Waals surface area (Å²) in [5.74, 6) is 1.58. The summed E-state index contributed by atoms with van der Waals surface area (Å²) in [5.41, 5.74) is 1.15. The minimum atomic E-state index is -0.343. The van der Waals surface area contributed by atoms with Crippen LogP contribution in [0.4, 0.5) is 11.4 Å². The van der Waals surface area contributed by atoms with Crippen LogP contribution < -0.4 is 5.32 Å². The quantitative estimate of drug-likeness (QED) is 0.501. The van der Waals surface area contributed by atoms with E-state index in [0.717, 1.165) is 24.1 Å². The number of nitro benzene ring substituents is 1. The van der Waals surface area contributed by atoms with Crippen molar-refractivity contribution in [2.24, 2.45) is 11.8 Å². The largest absolute Gasteiger partial charge is 0.385 e. The van der Waals surface area contributed by atoms with Crippen molar-refractivity contribution in [1.29, 1.82) is 0 Å². The van der Waals surface area contributed by atoms with E-state index >= 15 is 0 Å². The molecule has 0 bridgehead atoms. The fourth-order valence-corrected chi connectivity index (χ4v) is 3.25. The van der Waals surface area contributed by atoms with Gasteiger partial charge in [-0.15, -0.1) is 0 Å². The first-order valence-corrected chi connectivity index (χ1v) is 7.32. The summed E-state index contributed by atoms with van der Waals surface area (Å²) in [7, 11) is 0. The highest BCUT2D eigenvalue weighted by molar-refractivity contribution is 14.1. The lowest BCUT2D eigenvalue weighted by Gasteiger charge is -2.12. The molecule has 0 radical (unpaired) electrons. The van der Waals surface area contributed by atoms with Gasteiger partial charge in [0.05, 0.1) is 8.49 Å². The summed E-state index contributed by atoms with van der Waals surface area (Å²) in [6.45, 7) is 3.27. The molecule has 0 spiro atoms. The highest BCUT2D eigenvalue weighted by Crippen LogP contribution is 2.31. The molecule has 5 heteroatoms. The molecular weight excluding hydrogens is 343 g/mol. The Morgan fingerprint density at radius 3 is 2.83 bits per heavy atom. The van der Waals surface area contributed by atoms with Gasteiger partial charge in [0, 0.05) is 18.3 Å². The standard InChI is InChI=1S/C13H17IN2O2/c1-9-2-3-10(6-9)8-15-11-4-5-13(16(17)18)12(14)7-11/h4-5,7,9-10,15H,2-3,6,8H2,1H3. The first-order chi connectivity index (χ1) is 8.56. The SMILES string of the molecule is CC1CCC(CNc2ccc([N+](=O)[O-])c(I)c2)C1. The van der Waals surface area contributed by atoms with Crippen molar-refractivity contribution in [2.45, 2.75) is 26.2 Å². The number of anilines is 1. The van der Waals surface area contributed by atoms with E-state index in [4.69, 9.17) is 0 Å². The van der Waals surface area contributed by atoms with Crippen LogP contribution in [0.1, 0.15) is 26.2 Å². The number of nitrogens with zero attached hydrogens (tertiary/aromatic N) is 1. The van der Waals surface area contributed by atoms with Gasteiger partial charge in [-0.1, -0.05) is 13.3 Å². The van der Waals surface area contributed by atoms with Crippen molar-refractivity contribution < 1.29 is 4.92 Å². The van der Waals surface area contributed by atoms with Gasteiger partial charge in [-0.05, 0) is 59.4 Å². The Hall–Kier alpha value is -0.850. The number of benzene rings is 1. The smallest absolute Gasteiger partial charge is 0.282 e. The second-order valence-electron chi connectivity index (χ2n) is 5.09. The Bertz CT molecular complexity index is 451. The van der Waals surface area contributed by atoms with Crippen molar-refractivity contribution in [3.05, 3.63) is 31.9 Å². The lowest BCUT2D eigenvalue weighted by molar-refractivity contribution is -0.385. The molecule has 1 aliphatic carbocycles. The average molecular weight is 360 g/mol. The first kappa shape index (κ1) is 13.6. The number of nitro groups is 1. The summed E-state index contributed by atoms with van der Waals surface area (Å²) >= 11 is 2.01. The fraction of sp³-hybridized carbons (Fsp3) is 0.538. The van der Waals surface area contributed by atoms with Gasteiger partial charge in [0.15, 0.2) is 0 Å². The fourth-order valence-electron chi connectivity index (χ4n) is 2.54. The van der Waals surface area contributed by atoms with E-state index in [1.54, 1.807) is 12.1 Å². The van der Waals surface area contributed by atoms with Crippen LogP contribution in [-0.4, -0.2) is 11.5 Å². The number of hydrogen-bond donors (Lipinski definition) is 1. The molecule has 1 aromatic rings. The minimum Gasteiger partial charge on any atom is -0.385 e. The maximum Gasteiger partial charge on any atom is 0.282 e. The third-order valence-electron chi connectivity index (χ3n) is 3.54. The van der Waals surface area contributed by atoms with E-state index in [1.165, 1.54) is 19.3 Å². The zero-order valence-electron chi connectivity index (χ0n) is 10.4. The van der Waals surface area contributed by atoms with Gasteiger partial charge in [0.25, 0.3) is 5.69 Å². The maximum atomic E-state index is 10.7. The molecule has 0 heterocycles. The first-order valence-electron chi connectivity index (χ1n) is 6.24. The molecule has 0 aromatic heterocycles. The number of rotatable bonds is 4. The third kappa shape index (κ3) is 3.34. The minimum absolute atomic E-state index is 0.177. The van der Waals surface area contributed by atoms with Gasteiger partial charge in [-0.2, -0.15) is 0 Å². The number of hydrogen-bond acceptors (Lipinski definition) is 3. The molecule has 4 nitrogen and oxygen atoms in total. The Morgan fingerprint density at radius 2 is 2.28 bits per heavy atom.